The van der Waals surface area contributed by atoms with Crippen LogP contribution in [0, 0.1) is 11.3 Å². The van der Waals surface area contributed by atoms with Gasteiger partial charge in [0.05, 0.1) is 18.9 Å². The predicted molar refractivity (Wildman–Crippen MR) is 230 cm³/mol. The van der Waals surface area contributed by atoms with Gasteiger partial charge in [-0.15, -0.1) is 0 Å². The summed E-state index contributed by atoms with van der Waals surface area (Å²) in [6.45, 7) is 3.46. The minimum atomic E-state index is -1.80. The zero-order valence-electron chi connectivity index (χ0n) is 36.2. The molecule has 362 valence electrons. The second-order valence-corrected chi connectivity index (χ2v) is 15.4. The molecular weight excluding hydrogens is 859 g/mol. The third-order valence-electron chi connectivity index (χ3n) is 9.52. The smallest absolute Gasteiger partial charge is 0.326 e. The summed E-state index contributed by atoms with van der Waals surface area (Å²) in [7, 11) is 0. The topological polar surface area (TPSA) is 470 Å². The van der Waals surface area contributed by atoms with Crippen molar-refractivity contribution in [3.05, 3.63) is 29.8 Å². The van der Waals surface area contributed by atoms with Crippen molar-refractivity contribution in [1.82, 2.24) is 37.2 Å². The molecule has 8 amide bonds. The maximum atomic E-state index is 14.2. The highest BCUT2D eigenvalue weighted by atomic mass is 16.4. The van der Waals surface area contributed by atoms with Gasteiger partial charge in [-0.25, -0.2) is 4.79 Å². The normalized spacial score (nSPS) is 14.1. The Morgan fingerprint density at radius 3 is 1.65 bits per heavy atom. The van der Waals surface area contributed by atoms with Crippen molar-refractivity contribution in [3.63, 3.8) is 0 Å². The van der Waals surface area contributed by atoms with Crippen LogP contribution in [-0.4, -0.2) is 136 Å². The number of aliphatic carboxylic acids is 2. The molecule has 0 bridgehead atoms. The van der Waals surface area contributed by atoms with Crippen LogP contribution in [0.15, 0.2) is 24.3 Å². The molecule has 1 aromatic carbocycles. The van der Waals surface area contributed by atoms with Crippen LogP contribution in [0.2, 0.25) is 0 Å². The highest BCUT2D eigenvalue weighted by Crippen LogP contribution is 2.14. The van der Waals surface area contributed by atoms with Gasteiger partial charge in [0, 0.05) is 19.4 Å². The monoisotopic (exact) mass is 921 g/mol. The number of carboxylic acids is 2. The van der Waals surface area contributed by atoms with Crippen molar-refractivity contribution in [2.75, 3.05) is 13.1 Å². The van der Waals surface area contributed by atoms with Crippen LogP contribution in [0.4, 0.5) is 0 Å². The molecule has 0 saturated carbocycles. The summed E-state index contributed by atoms with van der Waals surface area (Å²) in [5.41, 5.74) is 27.6. The first-order chi connectivity index (χ1) is 30.4. The zero-order valence-corrected chi connectivity index (χ0v) is 36.2. The Hall–Kier alpha value is -7.09. The summed E-state index contributed by atoms with van der Waals surface area (Å²) in [6.07, 6.45) is -1.95. The predicted octanol–water partition coefficient (Wildman–Crippen LogP) is -5.08. The molecule has 0 spiro atoms. The second kappa shape index (κ2) is 28.6. The van der Waals surface area contributed by atoms with Gasteiger partial charge < -0.3 is 81.2 Å². The maximum absolute atomic E-state index is 14.2. The summed E-state index contributed by atoms with van der Waals surface area (Å²) in [5.74, 6) is -12.1. The number of hydrogen-bond donors (Lipinski definition) is 16. The number of rotatable bonds is 31. The molecule has 0 aromatic heterocycles. The molecule has 0 aliphatic rings. The summed E-state index contributed by atoms with van der Waals surface area (Å²) in [5, 5.41) is 52.9. The molecular formula is C39H63N13O13. The number of primary amides is 2. The van der Waals surface area contributed by atoms with Gasteiger partial charge in [-0.3, -0.25) is 48.6 Å². The van der Waals surface area contributed by atoms with Crippen LogP contribution >= 0.6 is 0 Å². The van der Waals surface area contributed by atoms with Gasteiger partial charge in [0.15, 0.2) is 5.96 Å². The Morgan fingerprint density at radius 1 is 0.615 bits per heavy atom. The second-order valence-electron chi connectivity index (χ2n) is 15.4. The van der Waals surface area contributed by atoms with E-state index >= 15 is 0 Å². The lowest BCUT2D eigenvalue weighted by molar-refractivity contribution is -0.144. The van der Waals surface area contributed by atoms with Crippen molar-refractivity contribution in [2.24, 2.45) is 34.6 Å². The number of phenolic OH excluding ortho intramolecular Hbond substituents is 1. The quantitative estimate of drug-likeness (QED) is 0.0188. The number of guanidine groups is 1. The Labute approximate surface area is 374 Å². The molecule has 1 aromatic rings. The molecule has 0 radical (unpaired) electrons. The van der Waals surface area contributed by atoms with Crippen molar-refractivity contribution in [1.29, 1.82) is 5.41 Å². The molecule has 0 saturated heterocycles. The minimum absolute atomic E-state index is 0.0708. The number of aromatic hydroxyl groups is 1. The van der Waals surface area contributed by atoms with Crippen molar-refractivity contribution in [3.8, 4) is 5.75 Å². The fourth-order valence-corrected chi connectivity index (χ4v) is 6.00. The highest BCUT2D eigenvalue weighted by molar-refractivity contribution is 5.98. The van der Waals surface area contributed by atoms with E-state index in [0.717, 1.165) is 0 Å². The van der Waals surface area contributed by atoms with E-state index in [1.54, 1.807) is 0 Å². The van der Waals surface area contributed by atoms with Crippen molar-refractivity contribution >= 4 is 65.2 Å². The van der Waals surface area contributed by atoms with E-state index in [9.17, 15) is 63.3 Å². The zero-order chi connectivity index (χ0) is 49.4. The molecule has 7 atom stereocenters. The first kappa shape index (κ1) is 55.9. The standard InChI is InChI=1S/C39H63N13O13/c1-19(2)31(52-36(62)26(18-30(56)57)49-32(58)22(41)6-5-15-46-39(44)45)37(63)50-25(16-20-8-10-21(53)11-9-20)35(61)47-23(7-3-4-14-40)33(59)48-24(12-13-28(42)54)34(60)51-27(38(64)65)17-29(43)55/h8-11,19,22-27,31,53H,3-7,12-18,40-41H2,1-2H3,(H2,42,54)(H2,43,55)(H,47,61)(H,48,59)(H,49,58)(H,50,63)(H,51,60)(H,52,62)(H,56,57)(H,64,65)(H4,44,45,46)/t22-,23-,24-,25-,26-,27-,31-/m0/s1. The third-order valence-corrected chi connectivity index (χ3v) is 9.52. The molecule has 0 unspecified atom stereocenters. The van der Waals surface area contributed by atoms with Gasteiger partial charge in [0.1, 0.15) is 42.0 Å². The average Bonchev–Trinajstić information content (AvgIpc) is 3.21. The fraction of sp³-hybridized carbons (Fsp3) is 0.564. The van der Waals surface area contributed by atoms with E-state index in [2.05, 4.69) is 37.2 Å². The number of benzene rings is 1. The van der Waals surface area contributed by atoms with Crippen LogP contribution in [0.3, 0.4) is 0 Å². The summed E-state index contributed by atoms with van der Waals surface area (Å²) < 4.78 is 0. The molecule has 21 N–H and O–H groups in total. The lowest BCUT2D eigenvalue weighted by Crippen LogP contribution is -2.61. The first-order valence-corrected chi connectivity index (χ1v) is 20.6. The summed E-state index contributed by atoms with van der Waals surface area (Å²) in [6, 6.07) is -5.19. The van der Waals surface area contributed by atoms with Gasteiger partial charge >= 0.3 is 11.9 Å². The van der Waals surface area contributed by atoms with E-state index in [0.29, 0.717) is 18.4 Å². The Morgan fingerprint density at radius 2 is 1.14 bits per heavy atom. The highest BCUT2D eigenvalue weighted by Gasteiger charge is 2.35. The number of carbonyl (C=O) groups excluding carboxylic acids is 8. The Balaban J connectivity index is 3.48. The van der Waals surface area contributed by atoms with E-state index in [1.807, 2.05) is 0 Å². The summed E-state index contributed by atoms with van der Waals surface area (Å²) >= 11 is 0. The number of nitrogens with one attached hydrogen (secondary N) is 8. The number of unbranched alkanes of at least 4 members (excludes halogenated alkanes) is 1. The van der Waals surface area contributed by atoms with Gasteiger partial charge in [-0.1, -0.05) is 26.0 Å². The number of carboxylic acid groups (broad SMARTS) is 2. The van der Waals surface area contributed by atoms with E-state index < -0.39 is 133 Å². The molecule has 26 heteroatoms. The Kier molecular flexibility index (Phi) is 24.6. The number of hydrogen-bond acceptors (Lipinski definition) is 14. The lowest BCUT2D eigenvalue weighted by atomic mass is 9.99. The van der Waals surface area contributed by atoms with Gasteiger partial charge in [0.2, 0.25) is 47.3 Å². The number of phenols is 1. The third kappa shape index (κ3) is 22.2. The molecule has 0 aliphatic carbocycles. The number of amides is 8. The Bertz CT molecular complexity index is 1850. The molecule has 0 heterocycles. The van der Waals surface area contributed by atoms with Gasteiger partial charge in [0.25, 0.3) is 0 Å². The minimum Gasteiger partial charge on any atom is -0.508 e. The van der Waals surface area contributed by atoms with Gasteiger partial charge in [-0.2, -0.15) is 0 Å². The molecule has 26 nitrogen and oxygen atoms in total. The van der Waals surface area contributed by atoms with Crippen LogP contribution < -0.4 is 65.9 Å². The van der Waals surface area contributed by atoms with Crippen LogP contribution in [-0.2, 0) is 54.4 Å². The van der Waals surface area contributed by atoms with Crippen molar-refractivity contribution in [2.45, 2.75) is 120 Å². The summed E-state index contributed by atoms with van der Waals surface area (Å²) in [4.78, 5) is 128. The number of nitrogens with two attached hydrogens (primary N) is 5. The fourth-order valence-electron chi connectivity index (χ4n) is 6.00. The van der Waals surface area contributed by atoms with Crippen LogP contribution in [0.1, 0.15) is 77.2 Å². The van der Waals surface area contributed by atoms with Crippen molar-refractivity contribution < 1.29 is 63.3 Å². The van der Waals surface area contributed by atoms with Crippen LogP contribution in [0.5, 0.6) is 5.75 Å². The molecule has 65 heavy (non-hydrogen) atoms. The van der Waals surface area contributed by atoms with E-state index in [4.69, 9.17) is 34.1 Å². The molecule has 0 fully saturated rings. The van der Waals surface area contributed by atoms with E-state index in [1.165, 1.54) is 38.1 Å². The number of carbonyl (C=O) groups is 10. The first-order valence-electron chi connectivity index (χ1n) is 20.6. The van der Waals surface area contributed by atoms with Gasteiger partial charge in [-0.05, 0) is 68.7 Å². The SMILES string of the molecule is CC(C)[C@H](NC(=O)[C@H](CC(=O)O)NC(=O)[C@@H](N)CCCNC(=N)N)C(=O)N[C@@H](Cc1ccc(O)cc1)C(=O)N[C@@H](CCCCN)C(=O)N[C@@H](CCC(N)=O)C(=O)N[C@@H](CC(N)=O)C(=O)O. The van der Waals surface area contributed by atoms with E-state index in [-0.39, 0.29) is 50.5 Å². The molecule has 0 aliphatic heterocycles. The molecule has 1 rings (SSSR count). The average molecular weight is 922 g/mol. The largest absolute Gasteiger partial charge is 0.508 e. The van der Waals surface area contributed by atoms with Crippen LogP contribution in [0.25, 0.3) is 0 Å². The lowest BCUT2D eigenvalue weighted by Gasteiger charge is -2.28. The maximum Gasteiger partial charge on any atom is 0.326 e.